The van der Waals surface area contributed by atoms with E-state index in [4.69, 9.17) is 9.47 Å². The first-order chi connectivity index (χ1) is 15.1. The number of ether oxygens (including phenoxy) is 2. The fourth-order valence-corrected chi connectivity index (χ4v) is 3.86. The predicted molar refractivity (Wildman–Crippen MR) is 121 cm³/mol. The van der Waals surface area contributed by atoms with Crippen LogP contribution in [0.4, 0.5) is 0 Å². The fourth-order valence-electron chi connectivity index (χ4n) is 3.86. The van der Waals surface area contributed by atoms with E-state index in [1.807, 2.05) is 72.8 Å². The Bertz CT molecular complexity index is 1210. The monoisotopic (exact) mass is 413 g/mol. The van der Waals surface area contributed by atoms with E-state index in [-0.39, 0.29) is 12.3 Å². The van der Waals surface area contributed by atoms with Crippen LogP contribution in [0.5, 0.6) is 5.75 Å². The highest BCUT2D eigenvalue weighted by Gasteiger charge is 2.25. The molecular weight excluding hydrogens is 390 g/mol. The summed E-state index contributed by atoms with van der Waals surface area (Å²) >= 11 is 0. The van der Waals surface area contributed by atoms with Gasteiger partial charge in [-0.15, -0.1) is 0 Å². The molecular formula is C26H23NO4. The molecule has 5 heteroatoms. The molecule has 0 spiro atoms. The summed E-state index contributed by atoms with van der Waals surface area (Å²) in [6, 6.07) is 24.1. The van der Waals surface area contributed by atoms with Crippen molar-refractivity contribution in [1.82, 2.24) is 5.32 Å². The van der Waals surface area contributed by atoms with Crippen LogP contribution in [0.1, 0.15) is 15.9 Å². The first kappa shape index (κ1) is 20.4. The number of carbonyl (C=O) groups is 2. The van der Waals surface area contributed by atoms with Crippen molar-refractivity contribution < 1.29 is 19.1 Å². The topological polar surface area (TPSA) is 64.6 Å². The van der Waals surface area contributed by atoms with Crippen molar-refractivity contribution in [2.45, 2.75) is 12.5 Å². The number of hydrogen-bond donors (Lipinski definition) is 1. The number of hydrogen-bond acceptors (Lipinski definition) is 4. The zero-order valence-electron chi connectivity index (χ0n) is 17.4. The molecule has 31 heavy (non-hydrogen) atoms. The number of carbonyl (C=O) groups excluding carboxylic acids is 2. The van der Waals surface area contributed by atoms with Gasteiger partial charge in [-0.25, -0.2) is 4.79 Å². The van der Waals surface area contributed by atoms with E-state index in [0.29, 0.717) is 11.3 Å². The van der Waals surface area contributed by atoms with E-state index < -0.39 is 12.0 Å². The molecule has 5 nitrogen and oxygen atoms in total. The summed E-state index contributed by atoms with van der Waals surface area (Å²) < 4.78 is 10.2. The van der Waals surface area contributed by atoms with Crippen LogP contribution >= 0.6 is 0 Å². The highest BCUT2D eigenvalue weighted by atomic mass is 16.5. The third-order valence-corrected chi connectivity index (χ3v) is 5.36. The number of rotatable bonds is 6. The normalized spacial score (nSPS) is 11.8. The Morgan fingerprint density at radius 1 is 0.839 bits per heavy atom. The fraction of sp³-hybridized carbons (Fsp3) is 0.154. The molecule has 0 aliphatic rings. The van der Waals surface area contributed by atoms with Crippen LogP contribution in [-0.4, -0.2) is 32.1 Å². The predicted octanol–water partition coefficient (Wildman–Crippen LogP) is 4.52. The zero-order valence-corrected chi connectivity index (χ0v) is 17.4. The second-order valence-corrected chi connectivity index (χ2v) is 7.30. The summed E-state index contributed by atoms with van der Waals surface area (Å²) in [5.41, 5.74) is 1.41. The number of fused-ring (bicyclic) bond motifs is 2. The van der Waals surface area contributed by atoms with Gasteiger partial charge in [0, 0.05) is 6.42 Å². The molecule has 0 unspecified atom stereocenters. The molecule has 0 fully saturated rings. The smallest absolute Gasteiger partial charge is 0.328 e. The van der Waals surface area contributed by atoms with Gasteiger partial charge in [-0.3, -0.25) is 4.79 Å². The summed E-state index contributed by atoms with van der Waals surface area (Å²) in [7, 11) is 2.91. The molecule has 0 radical (unpaired) electrons. The van der Waals surface area contributed by atoms with E-state index in [1.54, 1.807) is 7.11 Å². The average molecular weight is 413 g/mol. The van der Waals surface area contributed by atoms with Gasteiger partial charge in [0.1, 0.15) is 11.8 Å². The number of methoxy groups -OCH3 is 2. The van der Waals surface area contributed by atoms with Crippen LogP contribution in [0.2, 0.25) is 0 Å². The molecule has 0 aliphatic heterocycles. The van der Waals surface area contributed by atoms with E-state index in [2.05, 4.69) is 11.4 Å². The Morgan fingerprint density at radius 3 is 2.10 bits per heavy atom. The van der Waals surface area contributed by atoms with Gasteiger partial charge in [-0.2, -0.15) is 0 Å². The summed E-state index contributed by atoms with van der Waals surface area (Å²) in [6.45, 7) is 0. The molecule has 0 aliphatic carbocycles. The van der Waals surface area contributed by atoms with Crippen LogP contribution in [0.15, 0.2) is 78.9 Å². The van der Waals surface area contributed by atoms with Crippen molar-refractivity contribution in [3.63, 3.8) is 0 Å². The molecule has 0 saturated carbocycles. The number of esters is 1. The van der Waals surface area contributed by atoms with Crippen molar-refractivity contribution in [2.24, 2.45) is 0 Å². The minimum absolute atomic E-state index is 0.290. The summed E-state index contributed by atoms with van der Waals surface area (Å²) in [4.78, 5) is 26.0. The molecule has 4 aromatic rings. The van der Waals surface area contributed by atoms with Crippen molar-refractivity contribution in [1.29, 1.82) is 0 Å². The highest BCUT2D eigenvalue weighted by molar-refractivity contribution is 6.18. The lowest BCUT2D eigenvalue weighted by Crippen LogP contribution is -2.43. The number of benzene rings is 4. The third kappa shape index (κ3) is 4.21. The molecule has 0 bridgehead atoms. The maximum absolute atomic E-state index is 13.5. The van der Waals surface area contributed by atoms with Crippen LogP contribution in [0, 0.1) is 0 Å². The molecule has 0 aromatic heterocycles. The first-order valence-electron chi connectivity index (χ1n) is 10.0. The van der Waals surface area contributed by atoms with Crippen LogP contribution in [0.25, 0.3) is 21.5 Å². The average Bonchev–Trinajstić information content (AvgIpc) is 2.81. The maximum Gasteiger partial charge on any atom is 0.328 e. The largest absolute Gasteiger partial charge is 0.497 e. The lowest BCUT2D eigenvalue weighted by Gasteiger charge is -2.19. The molecule has 0 saturated heterocycles. The molecule has 1 N–H and O–H groups in total. The minimum atomic E-state index is -0.831. The summed E-state index contributed by atoms with van der Waals surface area (Å²) in [5, 5.41) is 6.51. The Balaban J connectivity index is 1.73. The van der Waals surface area contributed by atoms with Crippen LogP contribution in [0.3, 0.4) is 0 Å². The number of amides is 1. The summed E-state index contributed by atoms with van der Waals surface area (Å²) in [6.07, 6.45) is 0.290. The molecule has 1 amide bonds. The maximum atomic E-state index is 13.5. The van der Waals surface area contributed by atoms with Gasteiger partial charge < -0.3 is 14.8 Å². The lowest BCUT2D eigenvalue weighted by molar-refractivity contribution is -0.142. The number of nitrogens with one attached hydrogen (secondary N) is 1. The van der Waals surface area contributed by atoms with Crippen molar-refractivity contribution in [3.8, 4) is 5.75 Å². The van der Waals surface area contributed by atoms with E-state index >= 15 is 0 Å². The van der Waals surface area contributed by atoms with E-state index in [9.17, 15) is 9.59 Å². The van der Waals surface area contributed by atoms with Gasteiger partial charge in [0.25, 0.3) is 5.91 Å². The van der Waals surface area contributed by atoms with Gasteiger partial charge >= 0.3 is 5.97 Å². The molecule has 1 atom stereocenters. The molecule has 4 rings (SSSR count). The summed E-state index contributed by atoms with van der Waals surface area (Å²) in [5.74, 6) is -0.125. The SMILES string of the molecule is COC(=O)[C@H](Cc1cccc(OC)c1)NC(=O)c1c2ccccc2cc2ccccc12. The van der Waals surface area contributed by atoms with Crippen LogP contribution < -0.4 is 10.1 Å². The lowest BCUT2D eigenvalue weighted by atomic mass is 9.95. The van der Waals surface area contributed by atoms with Gasteiger partial charge in [0.2, 0.25) is 0 Å². The highest BCUT2D eigenvalue weighted by Crippen LogP contribution is 2.28. The van der Waals surface area contributed by atoms with E-state index in [0.717, 1.165) is 27.1 Å². The standard InChI is InChI=1S/C26H23NO4/c1-30-20-11-7-8-17(14-20)15-23(26(29)31-2)27-25(28)24-21-12-5-3-9-18(21)16-19-10-4-6-13-22(19)24/h3-14,16,23H,15H2,1-2H3,(H,27,28)/t23-/m0/s1. The van der Waals surface area contributed by atoms with Crippen molar-refractivity contribution in [3.05, 3.63) is 90.0 Å². The minimum Gasteiger partial charge on any atom is -0.497 e. The Kier molecular flexibility index (Phi) is 5.85. The van der Waals surface area contributed by atoms with E-state index in [1.165, 1.54) is 7.11 Å². The molecule has 156 valence electrons. The molecule has 4 aromatic carbocycles. The van der Waals surface area contributed by atoms with Gasteiger partial charge in [-0.1, -0.05) is 60.7 Å². The quantitative estimate of drug-likeness (QED) is 0.373. The Hall–Kier alpha value is -3.86. The van der Waals surface area contributed by atoms with Crippen LogP contribution in [-0.2, 0) is 16.0 Å². The first-order valence-corrected chi connectivity index (χ1v) is 10.0. The van der Waals surface area contributed by atoms with Gasteiger partial charge in [0.05, 0.1) is 19.8 Å². The second-order valence-electron chi connectivity index (χ2n) is 7.30. The second kappa shape index (κ2) is 8.88. The van der Waals surface area contributed by atoms with Gasteiger partial charge in [-0.05, 0) is 45.3 Å². The zero-order chi connectivity index (χ0) is 21.8. The van der Waals surface area contributed by atoms with Crippen molar-refractivity contribution >= 4 is 33.4 Å². The Labute approximate surface area is 180 Å². The Morgan fingerprint density at radius 2 is 1.48 bits per heavy atom. The molecule has 0 heterocycles. The third-order valence-electron chi connectivity index (χ3n) is 5.36. The van der Waals surface area contributed by atoms with Crippen molar-refractivity contribution in [2.75, 3.05) is 14.2 Å². The van der Waals surface area contributed by atoms with Gasteiger partial charge in [0.15, 0.2) is 0 Å².